The molecule has 4 nitrogen and oxygen atoms in total. The largest absolute Gasteiger partial charge is 0.336 e. The first-order valence-corrected chi connectivity index (χ1v) is 8.46. The van der Waals surface area contributed by atoms with E-state index in [0.29, 0.717) is 5.56 Å². The van der Waals surface area contributed by atoms with Gasteiger partial charge in [-0.15, -0.1) is 0 Å². The third kappa shape index (κ3) is 3.84. The molecular formula is C17H18IN3O. The standard InChI is InChI=1S/C17H18IN3O/c18-16-10-15(11-19-12-16)17(22)21-8-6-20(7-9-21)13-14-4-2-1-3-5-14/h1-5,10-12H,6-9,13H2/i18-4. The Bertz CT molecular complexity index is 639. The van der Waals surface area contributed by atoms with Gasteiger partial charge in [0.15, 0.2) is 0 Å². The third-order valence-corrected chi connectivity index (χ3v) is 4.45. The minimum Gasteiger partial charge on any atom is -0.336 e. The van der Waals surface area contributed by atoms with Crippen molar-refractivity contribution in [3.05, 3.63) is 63.5 Å². The van der Waals surface area contributed by atoms with Crippen molar-refractivity contribution < 1.29 is 4.79 Å². The molecule has 0 radical (unpaired) electrons. The van der Waals surface area contributed by atoms with E-state index >= 15 is 0 Å². The van der Waals surface area contributed by atoms with Crippen LogP contribution in [0.2, 0.25) is 0 Å². The van der Waals surface area contributed by atoms with Crippen molar-refractivity contribution in [2.75, 3.05) is 26.2 Å². The average Bonchev–Trinajstić information content (AvgIpc) is 2.56. The minimum atomic E-state index is 0.0883. The number of carbonyl (C=O) groups excluding carboxylic acids is 1. The number of aromatic nitrogens is 1. The summed E-state index contributed by atoms with van der Waals surface area (Å²) in [7, 11) is 0. The highest BCUT2D eigenvalue weighted by molar-refractivity contribution is 14.1. The third-order valence-electron chi connectivity index (χ3n) is 3.86. The van der Waals surface area contributed by atoms with E-state index in [0.717, 1.165) is 36.3 Å². The molecule has 1 saturated heterocycles. The predicted molar refractivity (Wildman–Crippen MR) is 94.6 cm³/mol. The molecule has 2 aromatic rings. The van der Waals surface area contributed by atoms with Crippen LogP contribution in [0.15, 0.2) is 48.8 Å². The van der Waals surface area contributed by atoms with Crippen LogP contribution >= 0.6 is 22.6 Å². The van der Waals surface area contributed by atoms with Gasteiger partial charge in [-0.3, -0.25) is 14.7 Å². The Hall–Kier alpha value is -1.47. The lowest BCUT2D eigenvalue weighted by atomic mass is 10.2. The number of rotatable bonds is 3. The lowest BCUT2D eigenvalue weighted by Crippen LogP contribution is -2.48. The van der Waals surface area contributed by atoms with Gasteiger partial charge in [0.05, 0.1) is 5.56 Å². The fourth-order valence-corrected chi connectivity index (χ4v) is 3.16. The Labute approximate surface area is 144 Å². The molecule has 0 unspecified atom stereocenters. The molecule has 5 heteroatoms. The number of amides is 1. The van der Waals surface area contributed by atoms with Crippen LogP contribution in [0, 0.1) is 3.57 Å². The van der Waals surface area contributed by atoms with Crippen molar-refractivity contribution in [3.63, 3.8) is 0 Å². The number of hydrogen-bond acceptors (Lipinski definition) is 3. The van der Waals surface area contributed by atoms with Crippen LogP contribution in [0.3, 0.4) is 0 Å². The molecule has 0 spiro atoms. The van der Waals surface area contributed by atoms with E-state index in [9.17, 15) is 4.79 Å². The first kappa shape index (κ1) is 15.4. The highest BCUT2D eigenvalue weighted by atomic mass is 123. The van der Waals surface area contributed by atoms with Gasteiger partial charge in [0.2, 0.25) is 0 Å². The van der Waals surface area contributed by atoms with Crippen molar-refractivity contribution in [2.24, 2.45) is 0 Å². The summed E-state index contributed by atoms with van der Waals surface area (Å²) in [4.78, 5) is 20.9. The van der Waals surface area contributed by atoms with Gasteiger partial charge in [-0.05, 0) is 34.2 Å². The molecular weight excluding hydrogens is 385 g/mol. The number of nitrogens with zero attached hydrogens (tertiary/aromatic N) is 3. The summed E-state index contributed by atoms with van der Waals surface area (Å²) in [6.45, 7) is 4.33. The number of halogens is 1. The maximum Gasteiger partial charge on any atom is 0.255 e. The van der Waals surface area contributed by atoms with E-state index in [2.05, 4.69) is 56.7 Å². The zero-order valence-electron chi connectivity index (χ0n) is 12.3. The van der Waals surface area contributed by atoms with Crippen LogP contribution in [0.1, 0.15) is 15.9 Å². The smallest absolute Gasteiger partial charge is 0.255 e. The number of hydrogen-bond donors (Lipinski definition) is 0. The molecule has 1 aromatic carbocycles. The topological polar surface area (TPSA) is 36.4 Å². The summed E-state index contributed by atoms with van der Waals surface area (Å²) in [5.41, 5.74) is 2.01. The van der Waals surface area contributed by atoms with Gasteiger partial charge in [0.1, 0.15) is 0 Å². The molecule has 2 heterocycles. The van der Waals surface area contributed by atoms with Crippen LogP contribution in [-0.4, -0.2) is 46.9 Å². The monoisotopic (exact) mass is 403 g/mol. The van der Waals surface area contributed by atoms with Gasteiger partial charge in [0.25, 0.3) is 5.91 Å². The SMILES string of the molecule is O=C(c1cncc([123I])c1)N1CCN(Cc2ccccc2)CC1. The van der Waals surface area contributed by atoms with Crippen molar-refractivity contribution in [1.82, 2.24) is 14.8 Å². The minimum absolute atomic E-state index is 0.0883. The summed E-state index contributed by atoms with van der Waals surface area (Å²) in [5, 5.41) is 0. The van der Waals surface area contributed by atoms with Crippen molar-refractivity contribution in [2.45, 2.75) is 6.54 Å². The quantitative estimate of drug-likeness (QED) is 0.740. The molecule has 22 heavy (non-hydrogen) atoms. The summed E-state index contributed by atoms with van der Waals surface area (Å²) in [5.74, 6) is 0.0883. The Kier molecular flexibility index (Phi) is 5.04. The van der Waals surface area contributed by atoms with Crippen LogP contribution in [-0.2, 0) is 6.54 Å². The summed E-state index contributed by atoms with van der Waals surface area (Å²) in [6.07, 6.45) is 3.41. The maximum atomic E-state index is 12.5. The zero-order valence-corrected chi connectivity index (χ0v) is 14.4. The molecule has 1 aliphatic heterocycles. The van der Waals surface area contributed by atoms with E-state index in [1.165, 1.54) is 5.56 Å². The van der Waals surface area contributed by atoms with Crippen molar-refractivity contribution >= 4 is 28.5 Å². The highest BCUT2D eigenvalue weighted by Gasteiger charge is 2.22. The highest BCUT2D eigenvalue weighted by Crippen LogP contribution is 2.12. The van der Waals surface area contributed by atoms with Crippen molar-refractivity contribution in [1.29, 1.82) is 0 Å². The molecule has 3 rings (SSSR count). The van der Waals surface area contributed by atoms with Gasteiger partial charge < -0.3 is 4.90 Å². The Morgan fingerprint density at radius 3 is 2.50 bits per heavy atom. The number of benzene rings is 1. The molecule has 114 valence electrons. The van der Waals surface area contributed by atoms with E-state index in [1.807, 2.05) is 17.0 Å². The van der Waals surface area contributed by atoms with Crippen LogP contribution in [0.25, 0.3) is 0 Å². The Morgan fingerprint density at radius 1 is 1.09 bits per heavy atom. The maximum absolute atomic E-state index is 12.5. The number of carbonyl (C=O) groups is 1. The Balaban J connectivity index is 1.56. The molecule has 1 fully saturated rings. The molecule has 0 aliphatic carbocycles. The normalized spacial score (nSPS) is 15.8. The molecule has 0 atom stereocenters. The fourth-order valence-electron chi connectivity index (χ4n) is 2.66. The molecule has 1 amide bonds. The zero-order chi connectivity index (χ0) is 15.4. The molecule has 1 aromatic heterocycles. The first-order valence-electron chi connectivity index (χ1n) is 7.38. The van der Waals surface area contributed by atoms with Crippen LogP contribution < -0.4 is 0 Å². The first-order chi connectivity index (χ1) is 10.7. The van der Waals surface area contributed by atoms with Crippen LogP contribution in [0.4, 0.5) is 0 Å². The summed E-state index contributed by atoms with van der Waals surface area (Å²) in [6, 6.07) is 12.4. The fraction of sp³-hybridized carbons (Fsp3) is 0.294. The molecule has 0 bridgehead atoms. The Morgan fingerprint density at radius 2 is 1.82 bits per heavy atom. The van der Waals surface area contributed by atoms with E-state index in [4.69, 9.17) is 0 Å². The molecule has 0 N–H and O–H groups in total. The average molecular weight is 403 g/mol. The van der Waals surface area contributed by atoms with Gasteiger partial charge in [-0.1, -0.05) is 30.3 Å². The number of pyridine rings is 1. The predicted octanol–water partition coefficient (Wildman–Crippen LogP) is 2.64. The van der Waals surface area contributed by atoms with E-state index in [-0.39, 0.29) is 5.91 Å². The number of piperazine rings is 1. The molecule has 0 saturated carbocycles. The van der Waals surface area contributed by atoms with Gasteiger partial charge in [-0.2, -0.15) is 0 Å². The second-order valence-corrected chi connectivity index (χ2v) is 6.69. The lowest BCUT2D eigenvalue weighted by Gasteiger charge is -2.34. The lowest BCUT2D eigenvalue weighted by molar-refractivity contribution is 0.0628. The second kappa shape index (κ2) is 7.19. The van der Waals surface area contributed by atoms with Gasteiger partial charge in [-0.25, -0.2) is 0 Å². The van der Waals surface area contributed by atoms with Crippen LogP contribution in [0.5, 0.6) is 0 Å². The van der Waals surface area contributed by atoms with E-state index < -0.39 is 0 Å². The van der Waals surface area contributed by atoms with E-state index in [1.54, 1.807) is 12.4 Å². The van der Waals surface area contributed by atoms with Gasteiger partial charge in [0, 0.05) is 48.7 Å². The summed E-state index contributed by atoms with van der Waals surface area (Å²) < 4.78 is 0.992. The summed E-state index contributed by atoms with van der Waals surface area (Å²) >= 11 is 2.18. The van der Waals surface area contributed by atoms with Crippen molar-refractivity contribution in [3.8, 4) is 0 Å². The molecule has 1 aliphatic rings. The van der Waals surface area contributed by atoms with Gasteiger partial charge >= 0.3 is 0 Å². The second-order valence-electron chi connectivity index (χ2n) is 5.45.